The average Bonchev–Trinajstić information content (AvgIpc) is 2.92. The number of rotatable bonds is 3. The van der Waals surface area contributed by atoms with E-state index in [9.17, 15) is 18.0 Å². The van der Waals surface area contributed by atoms with Gasteiger partial charge in [0.2, 0.25) is 0 Å². The Morgan fingerprint density at radius 1 is 1.38 bits per heavy atom. The van der Waals surface area contributed by atoms with Crippen molar-refractivity contribution in [2.45, 2.75) is 51.7 Å². The molecule has 1 atom stereocenters. The molecule has 0 bridgehead atoms. The normalized spacial score (nSPS) is 24.8. The highest BCUT2D eigenvalue weighted by Crippen LogP contribution is 2.46. The topological polar surface area (TPSA) is 53.4 Å². The molecule has 2 heterocycles. The maximum atomic E-state index is 13.3. The monoisotopic (exact) mass is 342 g/mol. The Balaban J connectivity index is 1.84. The minimum absolute atomic E-state index is 0.141. The lowest BCUT2D eigenvalue weighted by atomic mass is 9.86. The van der Waals surface area contributed by atoms with Crippen molar-refractivity contribution in [2.24, 2.45) is 5.41 Å². The van der Waals surface area contributed by atoms with Crippen LogP contribution < -0.4 is 0 Å². The summed E-state index contributed by atoms with van der Waals surface area (Å²) < 4.78 is 39.9. The first-order chi connectivity index (χ1) is 11.2. The number of carboxylic acid groups (broad SMARTS) is 1. The van der Waals surface area contributed by atoms with E-state index in [1.54, 1.807) is 4.90 Å². The summed E-state index contributed by atoms with van der Waals surface area (Å²) in [6, 6.07) is 1.93. The molecular formula is C17H21F3N2O2. The second-order valence-corrected chi connectivity index (χ2v) is 6.90. The van der Waals surface area contributed by atoms with E-state index < -0.39 is 30.5 Å². The van der Waals surface area contributed by atoms with E-state index in [4.69, 9.17) is 5.11 Å². The van der Waals surface area contributed by atoms with E-state index in [2.05, 4.69) is 4.98 Å². The van der Waals surface area contributed by atoms with Crippen LogP contribution in [0.2, 0.25) is 0 Å². The Hall–Kier alpha value is -1.63. The maximum Gasteiger partial charge on any atom is 0.406 e. The summed E-state index contributed by atoms with van der Waals surface area (Å²) in [6.45, 7) is 1.90. The van der Waals surface area contributed by atoms with E-state index >= 15 is 0 Å². The SMILES string of the molecule is Cc1cc(CN2CCC(C(=O)O)(C(F)(F)F)C2)c2c(n1)CCCC2. The van der Waals surface area contributed by atoms with Crippen LogP contribution in [0.4, 0.5) is 13.2 Å². The zero-order chi connectivity index (χ0) is 17.5. The quantitative estimate of drug-likeness (QED) is 0.917. The molecule has 1 unspecified atom stereocenters. The van der Waals surface area contributed by atoms with Crippen molar-refractivity contribution in [3.8, 4) is 0 Å². The molecule has 1 aromatic heterocycles. The third kappa shape index (κ3) is 2.90. The van der Waals surface area contributed by atoms with Crippen LogP contribution in [-0.4, -0.2) is 40.2 Å². The molecule has 0 aromatic carbocycles. The molecule has 1 fully saturated rings. The molecule has 24 heavy (non-hydrogen) atoms. The number of halogens is 3. The third-order valence-electron chi connectivity index (χ3n) is 5.22. The van der Waals surface area contributed by atoms with Crippen molar-refractivity contribution in [1.29, 1.82) is 0 Å². The molecule has 1 aliphatic heterocycles. The van der Waals surface area contributed by atoms with E-state index in [-0.39, 0.29) is 6.54 Å². The number of aryl methyl sites for hydroxylation is 2. The molecule has 4 nitrogen and oxygen atoms in total. The highest BCUT2D eigenvalue weighted by atomic mass is 19.4. The fourth-order valence-electron chi connectivity index (χ4n) is 3.88. The van der Waals surface area contributed by atoms with Gasteiger partial charge in [0.15, 0.2) is 5.41 Å². The summed E-state index contributed by atoms with van der Waals surface area (Å²) >= 11 is 0. The van der Waals surface area contributed by atoms with Gasteiger partial charge < -0.3 is 5.11 Å². The number of aromatic nitrogens is 1. The number of hydrogen-bond donors (Lipinski definition) is 1. The number of carbonyl (C=O) groups is 1. The second kappa shape index (κ2) is 6.02. The molecule has 1 aliphatic carbocycles. The number of hydrogen-bond acceptors (Lipinski definition) is 3. The third-order valence-corrected chi connectivity index (χ3v) is 5.22. The highest BCUT2D eigenvalue weighted by Gasteiger charge is 2.63. The van der Waals surface area contributed by atoms with Gasteiger partial charge in [-0.05, 0) is 56.2 Å². The van der Waals surface area contributed by atoms with Gasteiger partial charge in [-0.1, -0.05) is 0 Å². The van der Waals surface area contributed by atoms with Crippen molar-refractivity contribution in [3.05, 3.63) is 28.6 Å². The van der Waals surface area contributed by atoms with Gasteiger partial charge in [-0.15, -0.1) is 0 Å². The number of pyridine rings is 1. The van der Waals surface area contributed by atoms with Crippen molar-refractivity contribution in [1.82, 2.24) is 9.88 Å². The molecule has 0 spiro atoms. The Morgan fingerprint density at radius 3 is 2.71 bits per heavy atom. The highest BCUT2D eigenvalue weighted by molar-refractivity contribution is 5.76. The van der Waals surface area contributed by atoms with Gasteiger partial charge >= 0.3 is 12.1 Å². The molecule has 2 aliphatic rings. The molecular weight excluding hydrogens is 321 g/mol. The fraction of sp³-hybridized carbons (Fsp3) is 0.647. The standard InChI is InChI=1S/C17H21F3N2O2/c1-11-8-12(13-4-2-3-5-14(13)21-11)9-22-7-6-16(10-22,15(23)24)17(18,19)20/h8H,2-7,9-10H2,1H3,(H,23,24). The van der Waals surface area contributed by atoms with Crippen molar-refractivity contribution < 1.29 is 23.1 Å². The number of fused-ring (bicyclic) bond motifs is 1. The Bertz CT molecular complexity index is 660. The average molecular weight is 342 g/mol. The van der Waals surface area contributed by atoms with Gasteiger partial charge in [0, 0.05) is 31.0 Å². The lowest BCUT2D eigenvalue weighted by molar-refractivity contribution is -0.227. The van der Waals surface area contributed by atoms with Crippen LogP contribution in [0.15, 0.2) is 6.07 Å². The van der Waals surface area contributed by atoms with Crippen molar-refractivity contribution in [2.75, 3.05) is 13.1 Å². The Labute approximate surface area is 138 Å². The van der Waals surface area contributed by atoms with Crippen molar-refractivity contribution in [3.63, 3.8) is 0 Å². The van der Waals surface area contributed by atoms with Crippen molar-refractivity contribution >= 4 is 5.97 Å². The van der Waals surface area contributed by atoms with Gasteiger partial charge in [-0.3, -0.25) is 14.7 Å². The molecule has 132 valence electrons. The van der Waals surface area contributed by atoms with Gasteiger partial charge in [-0.25, -0.2) is 0 Å². The number of alkyl halides is 3. The summed E-state index contributed by atoms with van der Waals surface area (Å²) in [5.41, 5.74) is 1.42. The predicted molar refractivity (Wildman–Crippen MR) is 81.6 cm³/mol. The van der Waals surface area contributed by atoms with Crippen LogP contribution in [0.5, 0.6) is 0 Å². The van der Waals surface area contributed by atoms with Gasteiger partial charge in [0.1, 0.15) is 0 Å². The molecule has 0 saturated carbocycles. The molecule has 7 heteroatoms. The zero-order valence-corrected chi connectivity index (χ0v) is 13.6. The van der Waals surface area contributed by atoms with Crippen LogP contribution in [-0.2, 0) is 24.2 Å². The first-order valence-electron chi connectivity index (χ1n) is 8.24. The Morgan fingerprint density at radius 2 is 2.08 bits per heavy atom. The lowest BCUT2D eigenvalue weighted by Crippen LogP contribution is -2.47. The predicted octanol–water partition coefficient (Wildman–Crippen LogP) is 3.11. The molecule has 1 saturated heterocycles. The zero-order valence-electron chi connectivity index (χ0n) is 13.6. The minimum atomic E-state index is -4.73. The lowest BCUT2D eigenvalue weighted by Gasteiger charge is -2.28. The number of carboxylic acids is 1. The molecule has 1 N–H and O–H groups in total. The van der Waals surface area contributed by atoms with Crippen LogP contribution in [0, 0.1) is 12.3 Å². The first kappa shape index (κ1) is 17.2. The summed E-state index contributed by atoms with van der Waals surface area (Å²) in [6.07, 6.45) is -1.17. The van der Waals surface area contributed by atoms with Gasteiger partial charge in [0.05, 0.1) is 0 Å². The summed E-state index contributed by atoms with van der Waals surface area (Å²) in [5.74, 6) is -1.77. The van der Waals surface area contributed by atoms with Crippen LogP contribution >= 0.6 is 0 Å². The molecule has 0 amide bonds. The minimum Gasteiger partial charge on any atom is -0.481 e. The van der Waals surface area contributed by atoms with E-state index in [0.29, 0.717) is 6.54 Å². The van der Waals surface area contributed by atoms with Crippen LogP contribution in [0.25, 0.3) is 0 Å². The number of nitrogens with zero attached hydrogens (tertiary/aromatic N) is 2. The van der Waals surface area contributed by atoms with Crippen LogP contribution in [0.1, 0.15) is 41.8 Å². The molecule has 1 aromatic rings. The van der Waals surface area contributed by atoms with Gasteiger partial charge in [0.25, 0.3) is 0 Å². The molecule has 0 radical (unpaired) electrons. The first-order valence-corrected chi connectivity index (χ1v) is 8.24. The van der Waals surface area contributed by atoms with E-state index in [1.807, 2.05) is 13.0 Å². The number of aliphatic carboxylic acids is 1. The largest absolute Gasteiger partial charge is 0.481 e. The maximum absolute atomic E-state index is 13.3. The second-order valence-electron chi connectivity index (χ2n) is 6.90. The summed E-state index contributed by atoms with van der Waals surface area (Å²) in [5, 5.41) is 9.16. The fourth-order valence-corrected chi connectivity index (χ4v) is 3.88. The van der Waals surface area contributed by atoms with Gasteiger partial charge in [-0.2, -0.15) is 13.2 Å². The smallest absolute Gasteiger partial charge is 0.406 e. The Kier molecular flexibility index (Phi) is 4.32. The summed E-state index contributed by atoms with van der Waals surface area (Å²) in [7, 11) is 0. The number of likely N-dealkylation sites (tertiary alicyclic amines) is 1. The van der Waals surface area contributed by atoms with E-state index in [0.717, 1.165) is 48.2 Å². The van der Waals surface area contributed by atoms with E-state index in [1.165, 1.54) is 0 Å². The molecule has 3 rings (SSSR count). The summed E-state index contributed by atoms with van der Waals surface area (Å²) in [4.78, 5) is 17.5. The van der Waals surface area contributed by atoms with Crippen LogP contribution in [0.3, 0.4) is 0 Å².